The van der Waals surface area contributed by atoms with Gasteiger partial charge in [0.1, 0.15) is 10.0 Å². The van der Waals surface area contributed by atoms with Gasteiger partial charge in [-0.2, -0.15) is 0 Å². The maximum absolute atomic E-state index is 2.36. The smallest absolute Gasteiger partial charge is 0.101 e. The molecule has 66 heavy (non-hydrogen) atoms. The number of thiophene rings is 2. The number of benzene rings is 10. The Morgan fingerprint density at radius 1 is 0.258 bits per heavy atom. The molecule has 10 aromatic carbocycles. The molecule has 0 spiro atoms. The molecule has 0 saturated heterocycles. The van der Waals surface area contributed by atoms with E-state index in [1.54, 1.807) is 0 Å². The average molecular weight is 879 g/mol. The molecular formula is C62H42N2S2. The van der Waals surface area contributed by atoms with E-state index in [9.17, 15) is 0 Å². The number of hydrogen-bond donors (Lipinski definition) is 0. The lowest BCUT2D eigenvalue weighted by Crippen LogP contribution is -2.07. The molecule has 0 atom stereocenters. The Bertz CT molecular complexity index is 3490. The first-order chi connectivity index (χ1) is 32.6. The highest BCUT2D eigenvalue weighted by molar-refractivity contribution is 7.20. The summed E-state index contributed by atoms with van der Waals surface area (Å²) in [5.74, 6) is 0. The van der Waals surface area contributed by atoms with Crippen LogP contribution in [-0.2, 0) is 0 Å². The van der Waals surface area contributed by atoms with Gasteiger partial charge >= 0.3 is 0 Å². The standard InChI is InChI=1S/C62H42N2S2/c1-3-15-55(16-4-1)63(57-31-29-45-11-7-9-13-47(45)41-57)61-35-33-59(65-61)53-27-25-49-37-43(21-23-51(49)39-53)19-20-44-22-24-52-40-54(28-26-50(52)38-44)60-34-36-62(66-60)64(56-17-5-2-6-18-56)58-32-30-46-12-8-10-14-48(46)42-58/h1-42H/b20-19+. The number of anilines is 6. The fourth-order valence-electron chi connectivity index (χ4n) is 9.03. The van der Waals surface area contributed by atoms with Gasteiger partial charge in [-0.3, -0.25) is 0 Å². The van der Waals surface area contributed by atoms with E-state index in [-0.39, 0.29) is 0 Å². The molecule has 12 rings (SSSR count). The van der Waals surface area contributed by atoms with Crippen molar-refractivity contribution in [2.45, 2.75) is 0 Å². The molecule has 2 heterocycles. The molecule has 0 saturated carbocycles. The van der Waals surface area contributed by atoms with Crippen molar-refractivity contribution >= 4 is 111 Å². The van der Waals surface area contributed by atoms with Crippen molar-refractivity contribution in [3.05, 3.63) is 254 Å². The highest BCUT2D eigenvalue weighted by atomic mass is 32.1. The Morgan fingerprint density at radius 2 is 0.621 bits per heavy atom. The predicted molar refractivity (Wildman–Crippen MR) is 288 cm³/mol. The summed E-state index contributed by atoms with van der Waals surface area (Å²) >= 11 is 3.64. The van der Waals surface area contributed by atoms with Crippen molar-refractivity contribution in [3.8, 4) is 20.9 Å². The summed E-state index contributed by atoms with van der Waals surface area (Å²) in [6, 6.07) is 88.1. The summed E-state index contributed by atoms with van der Waals surface area (Å²) in [7, 11) is 0. The number of rotatable bonds is 10. The zero-order chi connectivity index (χ0) is 43.8. The Labute approximate surface area is 392 Å². The van der Waals surface area contributed by atoms with Crippen LogP contribution in [0.2, 0.25) is 0 Å². The van der Waals surface area contributed by atoms with Gasteiger partial charge < -0.3 is 9.80 Å². The average Bonchev–Trinajstić information content (AvgIpc) is 4.07. The van der Waals surface area contributed by atoms with Crippen molar-refractivity contribution in [3.63, 3.8) is 0 Å². The first-order valence-corrected chi connectivity index (χ1v) is 23.9. The summed E-state index contributed by atoms with van der Waals surface area (Å²) in [6.07, 6.45) is 4.45. The Balaban J connectivity index is 0.768. The van der Waals surface area contributed by atoms with Crippen LogP contribution in [0.15, 0.2) is 243 Å². The molecule has 0 radical (unpaired) electrons. The summed E-state index contributed by atoms with van der Waals surface area (Å²) in [5.41, 5.74) is 9.40. The van der Waals surface area contributed by atoms with Gasteiger partial charge in [0.2, 0.25) is 0 Å². The van der Waals surface area contributed by atoms with E-state index >= 15 is 0 Å². The minimum absolute atomic E-state index is 1.14. The summed E-state index contributed by atoms with van der Waals surface area (Å²) < 4.78 is 0. The van der Waals surface area contributed by atoms with Gasteiger partial charge in [0.15, 0.2) is 0 Å². The van der Waals surface area contributed by atoms with Crippen LogP contribution in [0.1, 0.15) is 11.1 Å². The van der Waals surface area contributed by atoms with E-state index in [4.69, 9.17) is 0 Å². The van der Waals surface area contributed by atoms with Crippen molar-refractivity contribution in [2.24, 2.45) is 0 Å². The highest BCUT2D eigenvalue weighted by Gasteiger charge is 2.18. The van der Waals surface area contributed by atoms with Gasteiger partial charge in [-0.25, -0.2) is 0 Å². The quantitative estimate of drug-likeness (QED) is 0.126. The van der Waals surface area contributed by atoms with Gasteiger partial charge in [0, 0.05) is 32.5 Å². The van der Waals surface area contributed by atoms with E-state index in [0.29, 0.717) is 0 Å². The summed E-state index contributed by atoms with van der Waals surface area (Å²) in [5, 5.41) is 12.2. The van der Waals surface area contributed by atoms with Crippen molar-refractivity contribution < 1.29 is 0 Å². The minimum atomic E-state index is 1.14. The monoisotopic (exact) mass is 878 g/mol. The van der Waals surface area contributed by atoms with Crippen LogP contribution < -0.4 is 9.80 Å². The van der Waals surface area contributed by atoms with Gasteiger partial charge in [0.05, 0.1) is 0 Å². The normalized spacial score (nSPS) is 11.6. The van der Waals surface area contributed by atoms with Crippen LogP contribution in [0.3, 0.4) is 0 Å². The molecule has 4 heteroatoms. The lowest BCUT2D eigenvalue weighted by molar-refractivity contribution is 1.32. The van der Waals surface area contributed by atoms with Crippen molar-refractivity contribution in [1.29, 1.82) is 0 Å². The molecule has 0 bridgehead atoms. The Hall–Kier alpha value is -8.02. The van der Waals surface area contributed by atoms with Crippen LogP contribution in [0.4, 0.5) is 32.8 Å². The molecule has 12 aromatic rings. The molecule has 0 amide bonds. The van der Waals surface area contributed by atoms with E-state index in [1.807, 2.05) is 22.7 Å². The molecule has 0 N–H and O–H groups in total. The lowest BCUT2D eigenvalue weighted by atomic mass is 10.0. The van der Waals surface area contributed by atoms with Crippen molar-refractivity contribution in [2.75, 3.05) is 9.80 Å². The third-order valence-electron chi connectivity index (χ3n) is 12.4. The second-order valence-electron chi connectivity index (χ2n) is 16.7. The molecule has 0 unspecified atom stereocenters. The first kappa shape index (κ1) is 39.6. The van der Waals surface area contributed by atoms with Crippen LogP contribution in [0, 0.1) is 0 Å². The highest BCUT2D eigenvalue weighted by Crippen LogP contribution is 2.45. The number of para-hydroxylation sites is 2. The maximum Gasteiger partial charge on any atom is 0.101 e. The maximum atomic E-state index is 2.36. The fourth-order valence-corrected chi connectivity index (χ4v) is 11.1. The number of nitrogens with zero attached hydrogens (tertiary/aromatic N) is 2. The third kappa shape index (κ3) is 7.83. The fraction of sp³-hybridized carbons (Fsp3) is 0. The van der Waals surface area contributed by atoms with E-state index in [1.165, 1.54) is 85.1 Å². The molecule has 0 fully saturated rings. The molecule has 0 aliphatic heterocycles. The van der Waals surface area contributed by atoms with Crippen LogP contribution in [0.5, 0.6) is 0 Å². The molecule has 2 nitrogen and oxygen atoms in total. The minimum Gasteiger partial charge on any atom is -0.302 e. The van der Waals surface area contributed by atoms with Crippen LogP contribution in [0.25, 0.3) is 76.1 Å². The zero-order valence-corrected chi connectivity index (χ0v) is 37.6. The van der Waals surface area contributed by atoms with Gasteiger partial charge in [-0.1, -0.05) is 158 Å². The number of fused-ring (bicyclic) bond motifs is 4. The molecule has 2 aromatic heterocycles. The van der Waals surface area contributed by atoms with Gasteiger partial charge in [-0.05, 0) is 162 Å². The molecular weight excluding hydrogens is 837 g/mol. The summed E-state index contributed by atoms with van der Waals surface area (Å²) in [4.78, 5) is 7.21. The Morgan fingerprint density at radius 3 is 1.08 bits per heavy atom. The van der Waals surface area contributed by atoms with Gasteiger partial charge in [0.25, 0.3) is 0 Å². The largest absolute Gasteiger partial charge is 0.302 e. The topological polar surface area (TPSA) is 6.48 Å². The van der Waals surface area contributed by atoms with E-state index in [0.717, 1.165) is 22.7 Å². The molecule has 0 aliphatic rings. The Kier molecular flexibility index (Phi) is 10.3. The second-order valence-corrected chi connectivity index (χ2v) is 18.8. The van der Waals surface area contributed by atoms with E-state index in [2.05, 4.69) is 265 Å². The lowest BCUT2D eigenvalue weighted by Gasteiger charge is -2.24. The predicted octanol–water partition coefficient (Wildman–Crippen LogP) is 18.9. The number of hydrogen-bond acceptors (Lipinski definition) is 4. The second kappa shape index (κ2) is 17.2. The van der Waals surface area contributed by atoms with Crippen LogP contribution in [-0.4, -0.2) is 0 Å². The van der Waals surface area contributed by atoms with Crippen molar-refractivity contribution in [1.82, 2.24) is 0 Å². The van der Waals surface area contributed by atoms with Crippen LogP contribution >= 0.6 is 22.7 Å². The van der Waals surface area contributed by atoms with E-state index < -0.39 is 0 Å². The third-order valence-corrected chi connectivity index (χ3v) is 14.6. The molecule has 312 valence electrons. The summed E-state index contributed by atoms with van der Waals surface area (Å²) in [6.45, 7) is 0. The SMILES string of the molecule is C(=C\c1ccc2cc(-c3ccc(N(c4ccccc4)c4ccc5ccccc5c4)s3)ccc2c1)/c1ccc2cc(-c3ccc(N(c4ccccc4)c4ccc5ccccc5c4)s3)ccc2c1. The zero-order valence-electron chi connectivity index (χ0n) is 36.0. The van der Waals surface area contributed by atoms with Gasteiger partial charge in [-0.15, -0.1) is 22.7 Å². The molecule has 0 aliphatic carbocycles. The first-order valence-electron chi connectivity index (χ1n) is 22.3.